The highest BCUT2D eigenvalue weighted by Crippen LogP contribution is 2.32. The third kappa shape index (κ3) is 2.74. The Balaban J connectivity index is 3.30. The molecule has 0 aliphatic rings. The van der Waals surface area contributed by atoms with Crippen LogP contribution in [0.1, 0.15) is 44.2 Å². The minimum atomic E-state index is 0.526. The first-order chi connectivity index (χ1) is 7.24. The number of para-hydroxylation sites is 1. The first-order valence-electron chi connectivity index (χ1n) is 5.44. The molecule has 2 heteroatoms. The maximum atomic E-state index is 4.71. The van der Waals surface area contributed by atoms with Crippen LogP contribution in [0.5, 0.6) is 0 Å². The van der Waals surface area contributed by atoms with Crippen molar-refractivity contribution in [3.8, 4) is 0 Å². The van der Waals surface area contributed by atoms with Gasteiger partial charge in [-0.2, -0.15) is 4.99 Å². The molecule has 0 bridgehead atoms. The molecule has 1 aromatic rings. The van der Waals surface area contributed by atoms with Crippen LogP contribution < -0.4 is 0 Å². The Hall–Kier alpha value is -0.980. The van der Waals surface area contributed by atoms with E-state index in [1.807, 2.05) is 0 Å². The van der Waals surface area contributed by atoms with E-state index in [1.54, 1.807) is 0 Å². The molecule has 0 fully saturated rings. The Labute approximate surface area is 97.2 Å². The van der Waals surface area contributed by atoms with Crippen molar-refractivity contribution in [2.24, 2.45) is 4.99 Å². The van der Waals surface area contributed by atoms with E-state index in [1.165, 1.54) is 11.1 Å². The van der Waals surface area contributed by atoms with Crippen LogP contribution in [0, 0.1) is 0 Å². The van der Waals surface area contributed by atoms with Gasteiger partial charge in [0.2, 0.25) is 0 Å². The predicted octanol–water partition coefficient (Wildman–Crippen LogP) is 4.50. The quantitative estimate of drug-likeness (QED) is 0.536. The van der Waals surface area contributed by atoms with Gasteiger partial charge in [0, 0.05) is 0 Å². The van der Waals surface area contributed by atoms with Gasteiger partial charge in [0.05, 0.1) is 10.8 Å². The average Bonchev–Trinajstić information content (AvgIpc) is 2.28. The molecule has 1 atom stereocenters. The molecule has 0 spiro atoms. The van der Waals surface area contributed by atoms with E-state index in [0.29, 0.717) is 5.92 Å². The molecular weight excluding hydrogens is 202 g/mol. The van der Waals surface area contributed by atoms with Gasteiger partial charge in [0.15, 0.2) is 0 Å². The Bertz CT molecular complexity index is 378. The van der Waals surface area contributed by atoms with Gasteiger partial charge >= 0.3 is 0 Å². The average molecular weight is 219 g/mol. The summed E-state index contributed by atoms with van der Waals surface area (Å²) >= 11 is 4.71. The third-order valence-corrected chi connectivity index (χ3v) is 2.92. The SMILES string of the molecule is CCc1cccc(C(C)CC)c1N=C=S. The molecule has 1 aromatic carbocycles. The summed E-state index contributed by atoms with van der Waals surface area (Å²) in [6.07, 6.45) is 2.10. The third-order valence-electron chi connectivity index (χ3n) is 2.83. The maximum Gasteiger partial charge on any atom is 0.0806 e. The molecule has 0 heterocycles. The summed E-state index contributed by atoms with van der Waals surface area (Å²) in [5.74, 6) is 0.526. The molecule has 1 nitrogen and oxygen atoms in total. The van der Waals surface area contributed by atoms with Crippen LogP contribution in [0.15, 0.2) is 23.2 Å². The second kappa shape index (κ2) is 5.79. The Kier molecular flexibility index (Phi) is 4.67. The highest BCUT2D eigenvalue weighted by atomic mass is 32.1. The number of hydrogen-bond acceptors (Lipinski definition) is 2. The summed E-state index contributed by atoms with van der Waals surface area (Å²) in [4.78, 5) is 4.21. The predicted molar refractivity (Wildman–Crippen MR) is 69.2 cm³/mol. The van der Waals surface area contributed by atoms with Crippen LogP contribution in [-0.2, 0) is 6.42 Å². The van der Waals surface area contributed by atoms with Gasteiger partial charge in [0.1, 0.15) is 0 Å². The zero-order chi connectivity index (χ0) is 11.3. The zero-order valence-electron chi connectivity index (χ0n) is 9.58. The second-order valence-corrected chi connectivity index (χ2v) is 3.90. The summed E-state index contributed by atoms with van der Waals surface area (Å²) in [6, 6.07) is 6.35. The number of isothiocyanates is 1. The standard InChI is InChI=1S/C13H17NS/c1-4-10(3)12-8-6-7-11(5-2)13(12)14-9-15/h6-8,10H,4-5H2,1-3H3. The van der Waals surface area contributed by atoms with Crippen molar-refractivity contribution in [2.75, 3.05) is 0 Å². The lowest BCUT2D eigenvalue weighted by Crippen LogP contribution is -1.94. The summed E-state index contributed by atoms with van der Waals surface area (Å²) < 4.78 is 0. The number of aryl methyl sites for hydroxylation is 1. The minimum Gasteiger partial charge on any atom is -0.194 e. The van der Waals surface area contributed by atoms with Crippen molar-refractivity contribution in [3.63, 3.8) is 0 Å². The number of hydrogen-bond donors (Lipinski definition) is 0. The Morgan fingerprint density at radius 1 is 1.40 bits per heavy atom. The van der Waals surface area contributed by atoms with E-state index in [2.05, 4.69) is 49.1 Å². The Morgan fingerprint density at radius 3 is 2.67 bits per heavy atom. The molecule has 15 heavy (non-hydrogen) atoms. The van der Waals surface area contributed by atoms with Gasteiger partial charge in [-0.1, -0.05) is 39.0 Å². The molecule has 0 aromatic heterocycles. The number of rotatable bonds is 4. The molecule has 0 N–H and O–H groups in total. The van der Waals surface area contributed by atoms with E-state index >= 15 is 0 Å². The van der Waals surface area contributed by atoms with Gasteiger partial charge in [-0.3, -0.25) is 0 Å². The fourth-order valence-electron chi connectivity index (χ4n) is 1.70. The number of thiocarbonyl (C=S) groups is 1. The van der Waals surface area contributed by atoms with Gasteiger partial charge < -0.3 is 0 Å². The molecule has 0 aliphatic heterocycles. The lowest BCUT2D eigenvalue weighted by Gasteiger charge is -2.14. The van der Waals surface area contributed by atoms with Crippen molar-refractivity contribution in [3.05, 3.63) is 29.3 Å². The second-order valence-electron chi connectivity index (χ2n) is 3.72. The van der Waals surface area contributed by atoms with Crippen LogP contribution in [0.25, 0.3) is 0 Å². The summed E-state index contributed by atoms with van der Waals surface area (Å²) in [7, 11) is 0. The lowest BCUT2D eigenvalue weighted by atomic mass is 9.94. The van der Waals surface area contributed by atoms with Crippen molar-refractivity contribution in [1.82, 2.24) is 0 Å². The molecule has 0 amide bonds. The van der Waals surface area contributed by atoms with Crippen molar-refractivity contribution in [2.45, 2.75) is 39.5 Å². The van der Waals surface area contributed by atoms with E-state index in [9.17, 15) is 0 Å². The van der Waals surface area contributed by atoms with E-state index in [-0.39, 0.29) is 0 Å². The van der Waals surface area contributed by atoms with Crippen LogP contribution >= 0.6 is 12.2 Å². The molecule has 1 rings (SSSR count). The van der Waals surface area contributed by atoms with Crippen molar-refractivity contribution < 1.29 is 0 Å². The lowest BCUT2D eigenvalue weighted by molar-refractivity contribution is 0.733. The molecule has 0 radical (unpaired) electrons. The molecule has 0 aliphatic carbocycles. The smallest absolute Gasteiger partial charge is 0.0806 e. The topological polar surface area (TPSA) is 12.4 Å². The summed E-state index contributed by atoms with van der Waals surface area (Å²) in [5, 5.41) is 2.49. The normalized spacial score (nSPS) is 11.9. The summed E-state index contributed by atoms with van der Waals surface area (Å²) in [6.45, 7) is 6.55. The van der Waals surface area contributed by atoms with Crippen LogP contribution in [0.2, 0.25) is 0 Å². The molecule has 0 saturated heterocycles. The van der Waals surface area contributed by atoms with Crippen LogP contribution in [0.3, 0.4) is 0 Å². The summed E-state index contributed by atoms with van der Waals surface area (Å²) in [5.41, 5.74) is 3.57. The minimum absolute atomic E-state index is 0.526. The number of nitrogens with zero attached hydrogens (tertiary/aromatic N) is 1. The largest absolute Gasteiger partial charge is 0.194 e. The highest BCUT2D eigenvalue weighted by molar-refractivity contribution is 7.78. The monoisotopic (exact) mass is 219 g/mol. The van der Waals surface area contributed by atoms with Crippen molar-refractivity contribution >= 4 is 23.1 Å². The van der Waals surface area contributed by atoms with Gasteiger partial charge in [-0.05, 0) is 42.1 Å². The molecule has 0 saturated carbocycles. The Morgan fingerprint density at radius 2 is 2.13 bits per heavy atom. The van der Waals surface area contributed by atoms with Gasteiger partial charge in [-0.25, -0.2) is 0 Å². The number of aliphatic imine (C=N–C) groups is 1. The number of benzene rings is 1. The first kappa shape index (κ1) is 12.1. The van der Waals surface area contributed by atoms with Crippen LogP contribution in [0.4, 0.5) is 5.69 Å². The van der Waals surface area contributed by atoms with E-state index < -0.39 is 0 Å². The van der Waals surface area contributed by atoms with E-state index in [4.69, 9.17) is 12.2 Å². The van der Waals surface area contributed by atoms with Crippen LogP contribution in [-0.4, -0.2) is 5.16 Å². The first-order valence-corrected chi connectivity index (χ1v) is 5.85. The molecular formula is C13H17NS. The zero-order valence-corrected chi connectivity index (χ0v) is 10.4. The maximum absolute atomic E-state index is 4.71. The fraction of sp³-hybridized carbons (Fsp3) is 0.462. The molecule has 1 unspecified atom stereocenters. The fourth-order valence-corrected chi connectivity index (χ4v) is 1.79. The molecule has 80 valence electrons. The van der Waals surface area contributed by atoms with Gasteiger partial charge in [0.25, 0.3) is 0 Å². The highest BCUT2D eigenvalue weighted by Gasteiger charge is 2.10. The van der Waals surface area contributed by atoms with Gasteiger partial charge in [-0.15, -0.1) is 0 Å². The van der Waals surface area contributed by atoms with Crippen molar-refractivity contribution in [1.29, 1.82) is 0 Å². The van der Waals surface area contributed by atoms with E-state index in [0.717, 1.165) is 18.5 Å².